The standard InChI is InChI=1S/C15H27N3O.C7H11N3O.4C2H6/c1-3-4-5-6-9-12-18-13-15(16-17-18)11-8-7-10-14(2)19;1-6(11)3-2-4-7-5-8-10-9-7;4*1-2/h13H,3-12H2,1-2H3;5H,2-4H2,1H3,(H,8,9,10);4*1-2H3. The lowest BCUT2D eigenvalue weighted by molar-refractivity contribution is -0.117. The van der Waals surface area contributed by atoms with Crippen molar-refractivity contribution in [1.82, 2.24) is 30.4 Å². The Balaban J connectivity index is -0.000000258. The molecule has 38 heavy (non-hydrogen) atoms. The smallest absolute Gasteiger partial charge is 0.129 e. The molecule has 8 heteroatoms. The van der Waals surface area contributed by atoms with E-state index in [0.717, 1.165) is 50.0 Å². The Morgan fingerprint density at radius 2 is 1.29 bits per heavy atom. The first kappa shape index (κ1) is 42.7. The minimum absolute atomic E-state index is 0.230. The third kappa shape index (κ3) is 31.6. The van der Waals surface area contributed by atoms with Crippen molar-refractivity contribution in [2.24, 2.45) is 0 Å². The topological polar surface area (TPSA) is 106 Å². The minimum atomic E-state index is 0.230. The fourth-order valence-electron chi connectivity index (χ4n) is 2.98. The lowest BCUT2D eigenvalue weighted by Gasteiger charge is -2.00. The number of nitrogens with zero attached hydrogens (tertiary/aromatic N) is 5. The molecule has 0 bridgehead atoms. The fourth-order valence-corrected chi connectivity index (χ4v) is 2.98. The molecular formula is C30H62N6O2. The Morgan fingerprint density at radius 3 is 1.82 bits per heavy atom. The molecule has 2 aromatic rings. The molecule has 2 aromatic heterocycles. The van der Waals surface area contributed by atoms with E-state index >= 15 is 0 Å². The molecule has 0 aliphatic rings. The van der Waals surface area contributed by atoms with Crippen molar-refractivity contribution in [3.05, 3.63) is 23.8 Å². The minimum Gasteiger partial charge on any atom is -0.300 e. The molecule has 0 saturated heterocycles. The first-order valence-corrected chi connectivity index (χ1v) is 15.2. The van der Waals surface area contributed by atoms with Gasteiger partial charge in [0.25, 0.3) is 0 Å². The van der Waals surface area contributed by atoms with E-state index < -0.39 is 0 Å². The van der Waals surface area contributed by atoms with Crippen molar-refractivity contribution < 1.29 is 9.59 Å². The van der Waals surface area contributed by atoms with E-state index in [4.69, 9.17) is 0 Å². The number of carbonyl (C=O) groups excluding carboxylic acids is 2. The predicted molar refractivity (Wildman–Crippen MR) is 162 cm³/mol. The number of aryl methyl sites for hydroxylation is 3. The number of H-pyrrole nitrogens is 1. The van der Waals surface area contributed by atoms with Gasteiger partial charge < -0.3 is 9.59 Å². The van der Waals surface area contributed by atoms with Crippen LogP contribution in [0.2, 0.25) is 0 Å². The van der Waals surface area contributed by atoms with Crippen molar-refractivity contribution in [2.45, 2.75) is 160 Å². The van der Waals surface area contributed by atoms with Crippen molar-refractivity contribution >= 4 is 11.6 Å². The number of nitrogens with one attached hydrogen (secondary N) is 1. The highest BCUT2D eigenvalue weighted by molar-refractivity contribution is 5.75. The maximum Gasteiger partial charge on any atom is 0.129 e. The highest BCUT2D eigenvalue weighted by atomic mass is 16.1. The van der Waals surface area contributed by atoms with Crippen LogP contribution < -0.4 is 0 Å². The van der Waals surface area contributed by atoms with E-state index in [0.29, 0.717) is 12.8 Å². The monoisotopic (exact) mass is 538 g/mol. The summed E-state index contributed by atoms with van der Waals surface area (Å²) < 4.78 is 1.95. The van der Waals surface area contributed by atoms with E-state index in [1.54, 1.807) is 20.0 Å². The maximum absolute atomic E-state index is 10.8. The van der Waals surface area contributed by atoms with Gasteiger partial charge in [0.2, 0.25) is 0 Å². The molecule has 8 nitrogen and oxygen atoms in total. The van der Waals surface area contributed by atoms with Gasteiger partial charge in [-0.05, 0) is 52.4 Å². The second kappa shape index (κ2) is 36.8. The van der Waals surface area contributed by atoms with Gasteiger partial charge in [-0.15, -0.1) is 5.10 Å². The van der Waals surface area contributed by atoms with Crippen LogP contribution in [0.4, 0.5) is 0 Å². The van der Waals surface area contributed by atoms with Gasteiger partial charge in [0.1, 0.15) is 11.6 Å². The lowest BCUT2D eigenvalue weighted by atomic mass is 10.1. The first-order chi connectivity index (χ1) is 18.5. The number of aromatic nitrogens is 6. The molecule has 1 N–H and O–H groups in total. The number of rotatable bonds is 15. The van der Waals surface area contributed by atoms with E-state index in [1.165, 1.54) is 32.1 Å². The molecule has 224 valence electrons. The van der Waals surface area contributed by atoms with E-state index in [1.807, 2.05) is 66.3 Å². The maximum atomic E-state index is 10.8. The summed E-state index contributed by atoms with van der Waals surface area (Å²) in [6.07, 6.45) is 16.1. The molecular weight excluding hydrogens is 476 g/mol. The molecule has 0 unspecified atom stereocenters. The second-order valence-electron chi connectivity index (χ2n) is 7.81. The Bertz CT molecular complexity index is 699. The summed E-state index contributed by atoms with van der Waals surface area (Å²) in [7, 11) is 0. The van der Waals surface area contributed by atoms with Crippen LogP contribution in [0.1, 0.15) is 152 Å². The average Bonchev–Trinajstić information content (AvgIpc) is 3.64. The van der Waals surface area contributed by atoms with Crippen LogP contribution in [0.25, 0.3) is 0 Å². The zero-order valence-electron chi connectivity index (χ0n) is 26.9. The van der Waals surface area contributed by atoms with Crippen LogP contribution in [-0.4, -0.2) is 42.0 Å². The van der Waals surface area contributed by atoms with Crippen molar-refractivity contribution in [3.63, 3.8) is 0 Å². The van der Waals surface area contributed by atoms with Gasteiger partial charge in [0.15, 0.2) is 0 Å². The SMILES string of the molecule is CC.CC.CC.CC.CC(=O)CCCc1cn[nH]n1.CCCCCCCn1cc(CCCCC(C)=O)nn1. The lowest BCUT2D eigenvalue weighted by Crippen LogP contribution is -1.98. The number of hydrogen-bond donors (Lipinski definition) is 1. The van der Waals surface area contributed by atoms with E-state index in [2.05, 4.69) is 32.6 Å². The van der Waals surface area contributed by atoms with Crippen molar-refractivity contribution in [2.75, 3.05) is 0 Å². The van der Waals surface area contributed by atoms with Gasteiger partial charge in [-0.3, -0.25) is 4.68 Å². The summed E-state index contributed by atoms with van der Waals surface area (Å²) in [6.45, 7) is 22.5. The number of ketones is 2. The molecule has 0 amide bonds. The highest BCUT2D eigenvalue weighted by Gasteiger charge is 2.02. The molecule has 0 radical (unpaired) electrons. The molecule has 0 aromatic carbocycles. The van der Waals surface area contributed by atoms with Gasteiger partial charge >= 0.3 is 0 Å². The van der Waals surface area contributed by atoms with Crippen LogP contribution in [0.15, 0.2) is 12.4 Å². The zero-order valence-corrected chi connectivity index (χ0v) is 26.9. The Kier molecular flexibility index (Phi) is 41.3. The van der Waals surface area contributed by atoms with Gasteiger partial charge in [-0.25, -0.2) is 0 Å². The summed E-state index contributed by atoms with van der Waals surface area (Å²) in [5.74, 6) is 0.504. The summed E-state index contributed by atoms with van der Waals surface area (Å²) in [6, 6.07) is 0. The molecule has 0 aliphatic carbocycles. The van der Waals surface area contributed by atoms with Crippen LogP contribution >= 0.6 is 0 Å². The van der Waals surface area contributed by atoms with Gasteiger partial charge in [0, 0.05) is 25.6 Å². The van der Waals surface area contributed by atoms with Gasteiger partial charge in [-0.1, -0.05) is 93.2 Å². The largest absolute Gasteiger partial charge is 0.300 e. The van der Waals surface area contributed by atoms with Crippen LogP contribution in [-0.2, 0) is 29.0 Å². The summed E-state index contributed by atoms with van der Waals surface area (Å²) in [4.78, 5) is 21.3. The van der Waals surface area contributed by atoms with Crippen LogP contribution in [0.3, 0.4) is 0 Å². The van der Waals surface area contributed by atoms with E-state index in [9.17, 15) is 9.59 Å². The summed E-state index contributed by atoms with van der Waals surface area (Å²) in [5, 5.41) is 18.4. The third-order valence-electron chi connectivity index (χ3n) is 4.72. The Morgan fingerprint density at radius 1 is 0.737 bits per heavy atom. The molecule has 0 saturated carbocycles. The molecule has 0 fully saturated rings. The third-order valence-corrected chi connectivity index (χ3v) is 4.72. The highest BCUT2D eigenvalue weighted by Crippen LogP contribution is 2.06. The molecule has 0 atom stereocenters. The predicted octanol–water partition coefficient (Wildman–Crippen LogP) is 8.37. The first-order valence-electron chi connectivity index (χ1n) is 15.2. The van der Waals surface area contributed by atoms with Crippen LogP contribution in [0.5, 0.6) is 0 Å². The van der Waals surface area contributed by atoms with Gasteiger partial charge in [-0.2, -0.15) is 15.4 Å². The Hall–Kier alpha value is -2.38. The average molecular weight is 539 g/mol. The number of carbonyl (C=O) groups is 2. The Labute approximate surface area is 235 Å². The number of aromatic amines is 1. The zero-order chi connectivity index (χ0) is 30.0. The van der Waals surface area contributed by atoms with Crippen molar-refractivity contribution in [1.29, 1.82) is 0 Å². The summed E-state index contributed by atoms with van der Waals surface area (Å²) in [5.41, 5.74) is 1.98. The van der Waals surface area contributed by atoms with Crippen LogP contribution in [0, 0.1) is 0 Å². The number of unbranched alkanes of at least 4 members (excludes halogenated alkanes) is 5. The summed E-state index contributed by atoms with van der Waals surface area (Å²) >= 11 is 0. The molecule has 2 rings (SSSR count). The van der Waals surface area contributed by atoms with Gasteiger partial charge in [0.05, 0.1) is 17.6 Å². The number of Topliss-reactive ketones (excluding diaryl/α,β-unsaturated/α-hetero) is 2. The molecule has 2 heterocycles. The number of hydrogen-bond acceptors (Lipinski definition) is 6. The fraction of sp³-hybridized carbons (Fsp3) is 0.800. The van der Waals surface area contributed by atoms with Crippen molar-refractivity contribution in [3.8, 4) is 0 Å². The second-order valence-corrected chi connectivity index (χ2v) is 7.81. The normalized spacial score (nSPS) is 8.92. The molecule has 0 aliphatic heterocycles. The quantitative estimate of drug-likeness (QED) is 0.228. The van der Waals surface area contributed by atoms with E-state index in [-0.39, 0.29) is 11.6 Å². The molecule has 0 spiro atoms.